The van der Waals surface area contributed by atoms with E-state index in [9.17, 15) is 9.59 Å². The molecule has 3 N–H and O–H groups in total. The Hall–Kier alpha value is -3.61. The van der Waals surface area contributed by atoms with Crippen LogP contribution in [-0.2, 0) is 9.59 Å². The van der Waals surface area contributed by atoms with Crippen molar-refractivity contribution in [2.45, 2.75) is 19.8 Å². The van der Waals surface area contributed by atoms with Crippen molar-refractivity contribution >= 4 is 46.4 Å². The average molecular weight is 493 g/mol. The molecule has 0 saturated heterocycles. The Balaban J connectivity index is 1.72. The average Bonchev–Trinajstić information content (AvgIpc) is 2.82. The molecule has 4 rings (SSSR count). The molecule has 34 heavy (non-hydrogen) atoms. The highest BCUT2D eigenvalue weighted by atomic mass is 35.5. The molecule has 3 aromatic rings. The Morgan fingerprint density at radius 3 is 1.56 bits per heavy atom. The zero-order valence-corrected chi connectivity index (χ0v) is 20.0. The first-order valence-electron chi connectivity index (χ1n) is 10.6. The molecule has 1 aliphatic heterocycles. The molecule has 0 saturated carbocycles. The van der Waals surface area contributed by atoms with Gasteiger partial charge in [-0.05, 0) is 80.1 Å². The number of halogens is 2. The van der Waals surface area contributed by atoms with Gasteiger partial charge in [0.05, 0.1) is 0 Å². The van der Waals surface area contributed by atoms with E-state index in [0.29, 0.717) is 44.0 Å². The highest BCUT2D eigenvalue weighted by Gasteiger charge is 2.36. The number of benzene rings is 2. The molecule has 1 aliphatic rings. The maximum atomic E-state index is 13.5. The summed E-state index contributed by atoms with van der Waals surface area (Å²) < 4.78 is 0. The summed E-state index contributed by atoms with van der Waals surface area (Å²) >= 11 is 11.9. The van der Waals surface area contributed by atoms with Crippen molar-refractivity contribution in [3.63, 3.8) is 0 Å². The molecule has 0 fully saturated rings. The minimum Gasteiger partial charge on any atom is -0.362 e. The normalized spacial score (nSPS) is 14.0. The standard InChI is InChI=1S/C26H22Cl2N4O2/c1-15-22(25(33)31-20-7-3-18(27)4-8-20)24(17-11-13-29-14-12-17)23(16(2)30-15)26(34)32-21-9-5-19(28)6-10-21/h3-14,24,30H,1-2H3,(H,31,33)(H,32,34). The van der Waals surface area contributed by atoms with E-state index in [1.54, 1.807) is 60.9 Å². The molecule has 0 atom stereocenters. The number of carbonyl (C=O) groups is 2. The highest BCUT2D eigenvalue weighted by molar-refractivity contribution is 6.31. The van der Waals surface area contributed by atoms with Gasteiger partial charge in [0.2, 0.25) is 0 Å². The molecule has 2 heterocycles. The predicted octanol–water partition coefficient (Wildman–Crippen LogP) is 5.90. The lowest BCUT2D eigenvalue weighted by molar-refractivity contribution is -0.113. The number of anilines is 2. The number of rotatable bonds is 5. The molecule has 0 spiro atoms. The molecule has 0 radical (unpaired) electrons. The first kappa shape index (κ1) is 23.5. The number of pyridine rings is 1. The third-order valence-electron chi connectivity index (χ3n) is 5.49. The molecular formula is C26H22Cl2N4O2. The van der Waals surface area contributed by atoms with E-state index in [4.69, 9.17) is 23.2 Å². The Labute approximate surface area is 207 Å². The van der Waals surface area contributed by atoms with Gasteiger partial charge in [-0.2, -0.15) is 0 Å². The van der Waals surface area contributed by atoms with Gasteiger partial charge in [-0.25, -0.2) is 0 Å². The van der Waals surface area contributed by atoms with Gasteiger partial charge in [0.25, 0.3) is 11.8 Å². The van der Waals surface area contributed by atoms with Crippen LogP contribution in [0.2, 0.25) is 10.0 Å². The van der Waals surface area contributed by atoms with E-state index in [1.165, 1.54) is 0 Å². The fourth-order valence-corrected chi connectivity index (χ4v) is 4.20. The monoisotopic (exact) mass is 492 g/mol. The lowest BCUT2D eigenvalue weighted by atomic mass is 9.80. The van der Waals surface area contributed by atoms with Crippen LogP contribution in [0.15, 0.2) is 95.6 Å². The van der Waals surface area contributed by atoms with Gasteiger partial charge in [0, 0.05) is 62.3 Å². The van der Waals surface area contributed by atoms with Gasteiger partial charge in [0.15, 0.2) is 0 Å². The number of nitrogens with zero attached hydrogens (tertiary/aromatic N) is 1. The Bertz CT molecular complexity index is 1200. The molecule has 172 valence electrons. The molecule has 2 aromatic carbocycles. The van der Waals surface area contributed by atoms with Crippen LogP contribution in [0.1, 0.15) is 25.3 Å². The Kier molecular flexibility index (Phi) is 7.01. The summed E-state index contributed by atoms with van der Waals surface area (Å²) in [7, 11) is 0. The summed E-state index contributed by atoms with van der Waals surface area (Å²) in [5, 5.41) is 10.2. The highest BCUT2D eigenvalue weighted by Crippen LogP contribution is 2.39. The summed E-state index contributed by atoms with van der Waals surface area (Å²) in [4.78, 5) is 31.1. The van der Waals surface area contributed by atoms with Gasteiger partial charge in [-0.15, -0.1) is 0 Å². The second kappa shape index (κ2) is 10.1. The summed E-state index contributed by atoms with van der Waals surface area (Å²) in [6.45, 7) is 3.64. The quantitative estimate of drug-likeness (QED) is 0.413. The van der Waals surface area contributed by atoms with E-state index in [2.05, 4.69) is 20.9 Å². The van der Waals surface area contributed by atoms with Crippen LogP contribution in [0.25, 0.3) is 0 Å². The zero-order chi connectivity index (χ0) is 24.2. The van der Waals surface area contributed by atoms with E-state index >= 15 is 0 Å². The van der Waals surface area contributed by atoms with E-state index in [1.807, 2.05) is 26.0 Å². The van der Waals surface area contributed by atoms with E-state index in [0.717, 1.165) is 5.56 Å². The molecule has 1 aromatic heterocycles. The van der Waals surface area contributed by atoms with Crippen molar-refractivity contribution in [3.05, 3.63) is 111 Å². The van der Waals surface area contributed by atoms with Gasteiger partial charge >= 0.3 is 0 Å². The van der Waals surface area contributed by atoms with E-state index < -0.39 is 5.92 Å². The Morgan fingerprint density at radius 2 is 1.15 bits per heavy atom. The molecule has 0 unspecified atom stereocenters. The van der Waals surface area contributed by atoms with Crippen molar-refractivity contribution in [1.82, 2.24) is 10.3 Å². The van der Waals surface area contributed by atoms with Crippen LogP contribution in [0, 0.1) is 0 Å². The van der Waals surface area contributed by atoms with Gasteiger partial charge < -0.3 is 16.0 Å². The summed E-state index contributed by atoms with van der Waals surface area (Å²) in [6.07, 6.45) is 3.29. The molecule has 2 amide bonds. The third kappa shape index (κ3) is 5.14. The molecule has 0 aliphatic carbocycles. The molecule has 8 heteroatoms. The number of allylic oxidation sites excluding steroid dienone is 2. The summed E-state index contributed by atoms with van der Waals surface area (Å²) in [5.41, 5.74) is 4.17. The predicted molar refractivity (Wildman–Crippen MR) is 136 cm³/mol. The lowest BCUT2D eigenvalue weighted by Crippen LogP contribution is -2.35. The van der Waals surface area contributed by atoms with Gasteiger partial charge in [-0.1, -0.05) is 23.2 Å². The SMILES string of the molecule is CC1=C(C(=O)Nc2ccc(Cl)cc2)C(c2ccncc2)C(C(=O)Nc2ccc(Cl)cc2)=C(C)N1. The number of dihydropyridines is 1. The van der Waals surface area contributed by atoms with Crippen molar-refractivity contribution < 1.29 is 9.59 Å². The van der Waals surface area contributed by atoms with Crippen molar-refractivity contribution in [1.29, 1.82) is 0 Å². The molecule has 6 nitrogen and oxygen atoms in total. The van der Waals surface area contributed by atoms with Crippen molar-refractivity contribution in [3.8, 4) is 0 Å². The molecule has 0 bridgehead atoms. The van der Waals surface area contributed by atoms with Crippen molar-refractivity contribution in [2.75, 3.05) is 10.6 Å². The number of nitrogens with one attached hydrogen (secondary N) is 3. The molecular weight excluding hydrogens is 471 g/mol. The van der Waals surface area contributed by atoms with Crippen LogP contribution in [0.5, 0.6) is 0 Å². The first-order valence-corrected chi connectivity index (χ1v) is 11.3. The number of amides is 2. The second-order valence-corrected chi connectivity index (χ2v) is 8.71. The van der Waals surface area contributed by atoms with Crippen LogP contribution in [-0.4, -0.2) is 16.8 Å². The Morgan fingerprint density at radius 1 is 0.735 bits per heavy atom. The topological polar surface area (TPSA) is 83.1 Å². The fourth-order valence-electron chi connectivity index (χ4n) is 3.95. The van der Waals surface area contributed by atoms with Crippen LogP contribution in [0.3, 0.4) is 0 Å². The summed E-state index contributed by atoms with van der Waals surface area (Å²) in [5.74, 6) is -1.25. The second-order valence-electron chi connectivity index (χ2n) is 7.84. The van der Waals surface area contributed by atoms with Crippen LogP contribution >= 0.6 is 23.2 Å². The minimum absolute atomic E-state index is 0.321. The summed E-state index contributed by atoms with van der Waals surface area (Å²) in [6, 6.07) is 17.3. The van der Waals surface area contributed by atoms with E-state index in [-0.39, 0.29) is 11.8 Å². The van der Waals surface area contributed by atoms with Crippen LogP contribution < -0.4 is 16.0 Å². The smallest absolute Gasteiger partial charge is 0.254 e. The number of aromatic nitrogens is 1. The number of carbonyl (C=O) groups excluding carboxylic acids is 2. The largest absolute Gasteiger partial charge is 0.362 e. The third-order valence-corrected chi connectivity index (χ3v) is 6.00. The minimum atomic E-state index is -0.608. The fraction of sp³-hybridized carbons (Fsp3) is 0.115. The maximum Gasteiger partial charge on any atom is 0.254 e. The van der Waals surface area contributed by atoms with Gasteiger partial charge in [-0.3, -0.25) is 14.6 Å². The van der Waals surface area contributed by atoms with Crippen LogP contribution in [0.4, 0.5) is 11.4 Å². The zero-order valence-electron chi connectivity index (χ0n) is 18.5. The first-order chi connectivity index (χ1) is 16.3. The maximum absolute atomic E-state index is 13.5. The number of hydrogen-bond acceptors (Lipinski definition) is 4. The van der Waals surface area contributed by atoms with Gasteiger partial charge in [0.1, 0.15) is 0 Å². The number of hydrogen-bond donors (Lipinski definition) is 3. The van der Waals surface area contributed by atoms with Crippen molar-refractivity contribution in [2.24, 2.45) is 0 Å². The lowest BCUT2D eigenvalue weighted by Gasteiger charge is -2.31.